The lowest BCUT2D eigenvalue weighted by Gasteiger charge is -2.29. The zero-order valence-corrected chi connectivity index (χ0v) is 13.1. The van der Waals surface area contributed by atoms with Crippen LogP contribution in [0.15, 0.2) is 24.3 Å². The summed E-state index contributed by atoms with van der Waals surface area (Å²) in [4.78, 5) is 0. The van der Waals surface area contributed by atoms with E-state index in [4.69, 9.17) is 0 Å². The van der Waals surface area contributed by atoms with Gasteiger partial charge in [-0.05, 0) is 37.5 Å². The highest BCUT2D eigenvalue weighted by atomic mass is 16.3. The summed E-state index contributed by atoms with van der Waals surface area (Å²) < 4.78 is 0. The molecule has 0 atom stereocenters. The quantitative estimate of drug-likeness (QED) is 0.589. The smallest absolute Gasteiger partial charge is 0.0509 e. The number of aliphatic hydroxyl groups is 2. The lowest BCUT2D eigenvalue weighted by Crippen LogP contribution is -2.29. The molecule has 0 aliphatic heterocycles. The van der Waals surface area contributed by atoms with Crippen molar-refractivity contribution < 1.29 is 10.2 Å². The summed E-state index contributed by atoms with van der Waals surface area (Å²) in [5.41, 5.74) is -0.331. The molecule has 0 amide bonds. The van der Waals surface area contributed by atoms with Gasteiger partial charge in [0.15, 0.2) is 0 Å². The largest absolute Gasteiger partial charge is 0.396 e. The molecule has 0 aliphatic rings. The topological polar surface area (TPSA) is 40.5 Å². The maximum Gasteiger partial charge on any atom is 0.0509 e. The molecule has 0 bridgehead atoms. The first-order valence-electron chi connectivity index (χ1n) is 7.51. The average molecular weight is 268 g/mol. The molecule has 0 rings (SSSR count). The van der Waals surface area contributed by atoms with Gasteiger partial charge in [-0.25, -0.2) is 0 Å². The van der Waals surface area contributed by atoms with E-state index >= 15 is 0 Å². The Balaban J connectivity index is 4.25. The Bertz CT molecular complexity index is 236. The number of rotatable bonds is 10. The second kappa shape index (κ2) is 10.2. The predicted molar refractivity (Wildman–Crippen MR) is 83.0 cm³/mol. The number of hydrogen-bond acceptors (Lipinski definition) is 2. The lowest BCUT2D eigenvalue weighted by molar-refractivity contribution is 0.0413. The Labute approximate surface area is 119 Å². The number of aliphatic hydroxyl groups excluding tert-OH is 2. The third-order valence-electron chi connectivity index (χ3n) is 3.40. The van der Waals surface area contributed by atoms with Gasteiger partial charge in [0.05, 0.1) is 13.2 Å². The van der Waals surface area contributed by atoms with E-state index in [0.29, 0.717) is 11.8 Å². The van der Waals surface area contributed by atoms with Gasteiger partial charge in [0.1, 0.15) is 0 Å². The maximum absolute atomic E-state index is 9.59. The summed E-state index contributed by atoms with van der Waals surface area (Å²) in [5.74, 6) is 1.12. The Morgan fingerprint density at radius 3 is 1.42 bits per heavy atom. The van der Waals surface area contributed by atoms with Gasteiger partial charge in [-0.2, -0.15) is 0 Å². The monoisotopic (exact) mass is 268 g/mol. The van der Waals surface area contributed by atoms with E-state index in [1.807, 2.05) is 0 Å². The zero-order valence-electron chi connectivity index (χ0n) is 13.1. The molecule has 2 nitrogen and oxygen atoms in total. The van der Waals surface area contributed by atoms with Crippen molar-refractivity contribution in [3.8, 4) is 0 Å². The van der Waals surface area contributed by atoms with Gasteiger partial charge < -0.3 is 10.2 Å². The van der Waals surface area contributed by atoms with E-state index < -0.39 is 0 Å². The molecule has 0 fully saturated rings. The van der Waals surface area contributed by atoms with Crippen LogP contribution < -0.4 is 0 Å². The van der Waals surface area contributed by atoms with Crippen LogP contribution in [0.3, 0.4) is 0 Å². The summed E-state index contributed by atoms with van der Waals surface area (Å²) in [7, 11) is 0. The van der Waals surface area contributed by atoms with Crippen LogP contribution in [-0.4, -0.2) is 23.4 Å². The van der Waals surface area contributed by atoms with Crippen LogP contribution in [0, 0.1) is 17.3 Å². The Morgan fingerprint density at radius 1 is 0.789 bits per heavy atom. The van der Waals surface area contributed by atoms with Gasteiger partial charge in [0, 0.05) is 5.41 Å². The van der Waals surface area contributed by atoms with Gasteiger partial charge in [0.2, 0.25) is 0 Å². The summed E-state index contributed by atoms with van der Waals surface area (Å²) >= 11 is 0. The fraction of sp³-hybridized carbons (Fsp3) is 0.765. The summed E-state index contributed by atoms with van der Waals surface area (Å²) in [6, 6.07) is 0. The number of hydrogen-bond donors (Lipinski definition) is 2. The third kappa shape index (κ3) is 9.01. The molecule has 112 valence electrons. The van der Waals surface area contributed by atoms with Gasteiger partial charge in [0.25, 0.3) is 0 Å². The molecule has 0 unspecified atom stereocenters. The molecule has 19 heavy (non-hydrogen) atoms. The van der Waals surface area contributed by atoms with Gasteiger partial charge in [-0.1, -0.05) is 52.0 Å². The van der Waals surface area contributed by atoms with E-state index in [-0.39, 0.29) is 18.6 Å². The normalized spacial score (nSPS) is 13.5. The Morgan fingerprint density at radius 2 is 1.16 bits per heavy atom. The van der Waals surface area contributed by atoms with Crippen LogP contribution in [0.25, 0.3) is 0 Å². The molecule has 0 aliphatic carbocycles. The third-order valence-corrected chi connectivity index (χ3v) is 3.40. The van der Waals surface area contributed by atoms with Crippen molar-refractivity contribution in [1.82, 2.24) is 0 Å². The second-order valence-electron chi connectivity index (χ2n) is 6.24. The van der Waals surface area contributed by atoms with Crippen LogP contribution in [0.2, 0.25) is 0 Å². The minimum Gasteiger partial charge on any atom is -0.396 e. The van der Waals surface area contributed by atoms with Crippen molar-refractivity contribution in [1.29, 1.82) is 0 Å². The predicted octanol–water partition coefficient (Wildman–Crippen LogP) is 3.94. The highest BCUT2D eigenvalue weighted by Gasteiger charge is 2.26. The van der Waals surface area contributed by atoms with Crippen molar-refractivity contribution >= 4 is 0 Å². The van der Waals surface area contributed by atoms with E-state index in [2.05, 4.69) is 52.0 Å². The van der Waals surface area contributed by atoms with Crippen molar-refractivity contribution in [3.05, 3.63) is 24.3 Å². The SMILES string of the molecule is CC(C)/C=C\CCC(CO)(CO)CC/C=C\C(C)C. The molecule has 0 heterocycles. The minimum absolute atomic E-state index is 0.0640. The summed E-state index contributed by atoms with van der Waals surface area (Å²) in [6.45, 7) is 8.73. The molecule has 0 saturated carbocycles. The molecular weight excluding hydrogens is 236 g/mol. The first-order chi connectivity index (χ1) is 8.95. The Kier molecular flexibility index (Phi) is 9.90. The van der Waals surface area contributed by atoms with Crippen molar-refractivity contribution in [3.63, 3.8) is 0 Å². The molecule has 0 spiro atoms. The van der Waals surface area contributed by atoms with E-state index in [1.165, 1.54) is 0 Å². The highest BCUT2D eigenvalue weighted by Crippen LogP contribution is 2.29. The maximum atomic E-state index is 9.59. The van der Waals surface area contributed by atoms with Crippen molar-refractivity contribution in [2.45, 2.75) is 53.4 Å². The van der Waals surface area contributed by atoms with E-state index in [9.17, 15) is 10.2 Å². The fourth-order valence-corrected chi connectivity index (χ4v) is 2.01. The Hall–Kier alpha value is -0.600. The second-order valence-corrected chi connectivity index (χ2v) is 6.24. The summed E-state index contributed by atoms with van der Waals surface area (Å²) in [6.07, 6.45) is 12.2. The van der Waals surface area contributed by atoms with Gasteiger partial charge in [-0.3, -0.25) is 0 Å². The highest BCUT2D eigenvalue weighted by molar-refractivity contribution is 4.91. The van der Waals surface area contributed by atoms with Crippen LogP contribution >= 0.6 is 0 Å². The molecule has 0 aromatic rings. The van der Waals surface area contributed by atoms with Crippen LogP contribution in [0.5, 0.6) is 0 Å². The molecular formula is C17H32O2. The van der Waals surface area contributed by atoms with Gasteiger partial charge >= 0.3 is 0 Å². The average Bonchev–Trinajstić information content (AvgIpc) is 2.37. The lowest BCUT2D eigenvalue weighted by atomic mass is 9.80. The minimum atomic E-state index is -0.331. The summed E-state index contributed by atoms with van der Waals surface area (Å²) in [5, 5.41) is 19.2. The van der Waals surface area contributed by atoms with Crippen molar-refractivity contribution in [2.75, 3.05) is 13.2 Å². The van der Waals surface area contributed by atoms with Gasteiger partial charge in [-0.15, -0.1) is 0 Å². The van der Waals surface area contributed by atoms with Crippen molar-refractivity contribution in [2.24, 2.45) is 17.3 Å². The molecule has 0 radical (unpaired) electrons. The zero-order chi connectivity index (χ0) is 14.7. The fourth-order valence-electron chi connectivity index (χ4n) is 2.01. The molecule has 2 N–H and O–H groups in total. The molecule has 2 heteroatoms. The first-order valence-corrected chi connectivity index (χ1v) is 7.51. The first kappa shape index (κ1) is 18.4. The van der Waals surface area contributed by atoms with E-state index in [1.54, 1.807) is 0 Å². The van der Waals surface area contributed by atoms with E-state index in [0.717, 1.165) is 25.7 Å². The number of allylic oxidation sites excluding steroid dienone is 4. The standard InChI is InChI=1S/C17H32O2/c1-15(2)9-5-7-11-17(13-18,14-19)12-8-6-10-16(3)4/h5-6,9-10,15-16,18-19H,7-8,11-14H2,1-4H3/b9-5-,10-6-. The molecule has 0 aromatic carbocycles. The molecule has 0 saturated heterocycles. The van der Waals surface area contributed by atoms with Crippen LogP contribution in [-0.2, 0) is 0 Å². The van der Waals surface area contributed by atoms with Crippen LogP contribution in [0.4, 0.5) is 0 Å². The van der Waals surface area contributed by atoms with Crippen LogP contribution in [0.1, 0.15) is 53.4 Å². The molecule has 0 aromatic heterocycles.